The molecule has 3 atom stereocenters. The van der Waals surface area contributed by atoms with Crippen molar-refractivity contribution in [2.45, 2.75) is 16.2 Å². The molecule has 2 aliphatic heterocycles. The predicted molar refractivity (Wildman–Crippen MR) is 90.7 cm³/mol. The Bertz CT molecular complexity index is 983. The number of rotatable bonds is 3. The first-order chi connectivity index (χ1) is 12.4. The number of likely N-dealkylation sites (tertiary alicyclic amines) is 1. The zero-order valence-electron chi connectivity index (χ0n) is 13.0. The lowest BCUT2D eigenvalue weighted by atomic mass is 9.83. The van der Waals surface area contributed by atoms with Gasteiger partial charge >= 0.3 is 10.8 Å². The number of carbonyl (C=O) groups is 3. The van der Waals surface area contributed by atoms with E-state index in [1.807, 2.05) is 0 Å². The summed E-state index contributed by atoms with van der Waals surface area (Å²) in [7, 11) is 0. The Labute approximate surface area is 153 Å². The fourth-order valence-corrected chi connectivity index (χ4v) is 5.93. The zero-order valence-corrected chi connectivity index (χ0v) is 14.6. The van der Waals surface area contributed by atoms with Crippen LogP contribution in [0.2, 0.25) is 0 Å². The number of amides is 2. The number of carbonyl (C=O) groups excluding carboxylic acids is 2. The molecule has 1 fully saturated rings. The summed E-state index contributed by atoms with van der Waals surface area (Å²) in [5.41, 5.74) is 0.594. The van der Waals surface area contributed by atoms with Gasteiger partial charge < -0.3 is 10.1 Å². The first-order valence-corrected chi connectivity index (χ1v) is 9.28. The van der Waals surface area contributed by atoms with Gasteiger partial charge in [-0.15, -0.1) is 0 Å². The van der Waals surface area contributed by atoms with Gasteiger partial charge in [0, 0.05) is 10.8 Å². The number of aliphatic carboxylic acids is 1. The van der Waals surface area contributed by atoms with Crippen molar-refractivity contribution in [3.63, 3.8) is 0 Å². The molecule has 0 saturated carbocycles. The predicted octanol–water partition coefficient (Wildman–Crippen LogP) is 1.25. The van der Waals surface area contributed by atoms with Crippen LogP contribution in [0.25, 0.3) is 0 Å². The molecule has 1 aromatic heterocycles. The summed E-state index contributed by atoms with van der Waals surface area (Å²) in [6.45, 7) is -0.703. The number of nitrogens with one attached hydrogen (secondary N) is 1. The number of carboxylic acids is 1. The molecule has 2 amide bonds. The third kappa shape index (κ3) is 2.56. The van der Waals surface area contributed by atoms with E-state index in [9.17, 15) is 23.6 Å². The molecule has 3 heterocycles. The van der Waals surface area contributed by atoms with E-state index in [1.165, 1.54) is 24.3 Å². The van der Waals surface area contributed by atoms with E-state index in [2.05, 4.69) is 4.98 Å². The van der Waals surface area contributed by atoms with Crippen LogP contribution in [0.5, 0.6) is 0 Å². The number of nitrogens with zero attached hydrogens (tertiary/aromatic N) is 1. The van der Waals surface area contributed by atoms with E-state index in [0.29, 0.717) is 15.5 Å². The highest BCUT2D eigenvalue weighted by molar-refractivity contribution is 8.00. The quantitative estimate of drug-likeness (QED) is 0.759. The lowest BCUT2D eigenvalue weighted by molar-refractivity contribution is -0.149. The van der Waals surface area contributed by atoms with Crippen molar-refractivity contribution >= 4 is 40.9 Å². The Hall–Kier alpha value is -2.46. The fourth-order valence-electron chi connectivity index (χ4n) is 3.39. The molecule has 2 N–H and O–H groups in total. The van der Waals surface area contributed by atoms with E-state index in [-0.39, 0.29) is 4.87 Å². The number of imide groups is 1. The highest BCUT2D eigenvalue weighted by atomic mass is 32.2. The summed E-state index contributed by atoms with van der Waals surface area (Å²) in [6, 6.07) is 5.52. The molecule has 2 aliphatic rings. The average Bonchev–Trinajstić information content (AvgIpc) is 3.06. The monoisotopic (exact) mass is 394 g/mol. The van der Waals surface area contributed by atoms with Gasteiger partial charge in [-0.1, -0.05) is 35.2 Å². The second-order valence-electron chi connectivity index (χ2n) is 5.96. The minimum Gasteiger partial charge on any atom is -0.480 e. The Morgan fingerprint density at radius 1 is 1.19 bits per heavy atom. The van der Waals surface area contributed by atoms with Crippen molar-refractivity contribution in [2.24, 2.45) is 5.92 Å². The van der Waals surface area contributed by atoms with Crippen LogP contribution >= 0.6 is 23.1 Å². The summed E-state index contributed by atoms with van der Waals surface area (Å²) in [5.74, 6) is -4.35. The largest absolute Gasteiger partial charge is 0.480 e. The minimum atomic E-state index is -1.28. The van der Waals surface area contributed by atoms with Gasteiger partial charge in [0.1, 0.15) is 17.6 Å². The van der Waals surface area contributed by atoms with Crippen molar-refractivity contribution in [3.05, 3.63) is 50.2 Å². The normalized spacial score (nSPS) is 24.5. The third-order valence-corrected chi connectivity index (χ3v) is 6.84. The van der Waals surface area contributed by atoms with Gasteiger partial charge in [-0.05, 0) is 17.7 Å². The Morgan fingerprint density at radius 2 is 1.88 bits per heavy atom. The van der Waals surface area contributed by atoms with E-state index in [4.69, 9.17) is 5.11 Å². The van der Waals surface area contributed by atoms with Crippen LogP contribution in [0, 0.1) is 11.7 Å². The molecular weight excluding hydrogens is 383 g/mol. The standard InChI is InChI=1S/C16H11FN2O5S2/c17-7-3-1-6(2-4-7)9-10-12(25-13-11(9)26-16(24)18-13)15(23)19(14(10)22)5-8(20)21/h1-4,9-10,12H,5H2,(H,18,24)(H,20,21)/t9-,10?,12?/m1/s1. The number of H-pyrrole nitrogens is 1. The third-order valence-electron chi connectivity index (χ3n) is 4.44. The van der Waals surface area contributed by atoms with Gasteiger partial charge in [-0.3, -0.25) is 24.1 Å². The number of hydrogen-bond donors (Lipinski definition) is 2. The molecule has 134 valence electrons. The Kier molecular flexibility index (Phi) is 3.96. The van der Waals surface area contributed by atoms with Crippen LogP contribution < -0.4 is 4.87 Å². The van der Waals surface area contributed by atoms with E-state index < -0.39 is 47.2 Å². The molecule has 4 rings (SSSR count). The molecule has 0 spiro atoms. The summed E-state index contributed by atoms with van der Waals surface area (Å²) < 4.78 is 13.3. The topological polar surface area (TPSA) is 108 Å². The summed E-state index contributed by atoms with van der Waals surface area (Å²) in [5, 5.41) is 8.66. The van der Waals surface area contributed by atoms with Crippen molar-refractivity contribution in [1.29, 1.82) is 0 Å². The van der Waals surface area contributed by atoms with Gasteiger partial charge in [0.2, 0.25) is 11.8 Å². The van der Waals surface area contributed by atoms with E-state index in [1.54, 1.807) is 0 Å². The summed E-state index contributed by atoms with van der Waals surface area (Å²) in [4.78, 5) is 52.0. The molecule has 0 radical (unpaired) electrons. The molecule has 1 aromatic carbocycles. The smallest absolute Gasteiger partial charge is 0.323 e. The van der Waals surface area contributed by atoms with Gasteiger partial charge in [0.25, 0.3) is 0 Å². The maximum atomic E-state index is 13.3. The fraction of sp³-hybridized carbons (Fsp3) is 0.250. The molecule has 0 aliphatic carbocycles. The second kappa shape index (κ2) is 6.06. The molecule has 2 unspecified atom stereocenters. The lowest BCUT2D eigenvalue weighted by Gasteiger charge is -2.29. The first kappa shape index (κ1) is 17.0. The van der Waals surface area contributed by atoms with Gasteiger partial charge in [-0.25, -0.2) is 4.39 Å². The van der Waals surface area contributed by atoms with Gasteiger partial charge in [0.15, 0.2) is 0 Å². The number of carboxylic acid groups (broad SMARTS) is 1. The average molecular weight is 394 g/mol. The number of fused-ring (bicyclic) bond motifs is 2. The summed E-state index contributed by atoms with van der Waals surface area (Å²) >= 11 is 2.01. The molecule has 2 aromatic rings. The van der Waals surface area contributed by atoms with Gasteiger partial charge in [-0.2, -0.15) is 0 Å². The highest BCUT2D eigenvalue weighted by Gasteiger charge is 2.56. The van der Waals surface area contributed by atoms with Crippen molar-refractivity contribution in [3.8, 4) is 0 Å². The van der Waals surface area contributed by atoms with Crippen LogP contribution in [0.3, 0.4) is 0 Å². The molecule has 26 heavy (non-hydrogen) atoms. The van der Waals surface area contributed by atoms with Crippen molar-refractivity contribution in [2.75, 3.05) is 6.54 Å². The number of hydrogen-bond acceptors (Lipinski definition) is 6. The molecule has 10 heteroatoms. The first-order valence-electron chi connectivity index (χ1n) is 7.59. The minimum absolute atomic E-state index is 0.308. The Morgan fingerprint density at radius 3 is 2.54 bits per heavy atom. The molecule has 7 nitrogen and oxygen atoms in total. The van der Waals surface area contributed by atoms with Crippen LogP contribution in [-0.4, -0.2) is 44.6 Å². The number of aromatic amines is 1. The maximum Gasteiger partial charge on any atom is 0.323 e. The number of thiazole rings is 1. The van der Waals surface area contributed by atoms with Crippen LogP contribution in [-0.2, 0) is 14.4 Å². The molecule has 1 saturated heterocycles. The number of benzene rings is 1. The molecular formula is C16H11FN2O5S2. The maximum absolute atomic E-state index is 13.3. The van der Waals surface area contributed by atoms with Crippen LogP contribution in [0.4, 0.5) is 4.39 Å². The second-order valence-corrected chi connectivity index (χ2v) is 8.12. The number of halogens is 1. The highest BCUT2D eigenvalue weighted by Crippen LogP contribution is 2.52. The van der Waals surface area contributed by atoms with E-state index >= 15 is 0 Å². The Balaban J connectivity index is 1.85. The SMILES string of the molecule is O=C(O)CN1C(=O)C2Sc3[nH]c(=O)sc3[C@H](c3ccc(F)cc3)C2C1=O. The van der Waals surface area contributed by atoms with Crippen molar-refractivity contribution < 1.29 is 23.9 Å². The van der Waals surface area contributed by atoms with Crippen LogP contribution in [0.15, 0.2) is 34.1 Å². The van der Waals surface area contributed by atoms with E-state index in [0.717, 1.165) is 28.0 Å². The zero-order chi connectivity index (χ0) is 18.6. The lowest BCUT2D eigenvalue weighted by Crippen LogP contribution is -2.36. The van der Waals surface area contributed by atoms with Crippen molar-refractivity contribution in [1.82, 2.24) is 9.88 Å². The van der Waals surface area contributed by atoms with Gasteiger partial charge in [0.05, 0.1) is 10.9 Å². The molecule has 0 bridgehead atoms. The summed E-state index contributed by atoms with van der Waals surface area (Å²) in [6.07, 6.45) is 0. The number of aromatic nitrogens is 1. The number of thioether (sulfide) groups is 1. The van der Waals surface area contributed by atoms with Crippen LogP contribution in [0.1, 0.15) is 16.4 Å².